The van der Waals surface area contributed by atoms with Crippen LogP contribution in [0.4, 0.5) is 5.69 Å². The number of rotatable bonds is 5. The summed E-state index contributed by atoms with van der Waals surface area (Å²) in [6, 6.07) is 5.12. The molecular weight excluding hydrogens is 386 g/mol. The van der Waals surface area contributed by atoms with Gasteiger partial charge in [0.15, 0.2) is 11.4 Å². The molecule has 1 saturated heterocycles. The summed E-state index contributed by atoms with van der Waals surface area (Å²) in [5, 5.41) is 32.1. The number of nitro groups is 1. The molecule has 0 aromatic heterocycles. The van der Waals surface area contributed by atoms with Crippen LogP contribution in [0.3, 0.4) is 0 Å². The van der Waals surface area contributed by atoms with Crippen LogP contribution < -0.4 is 0 Å². The Morgan fingerprint density at radius 1 is 1.21 bits per heavy atom. The normalized spacial score (nSPS) is 35.6. The SMILES string of the molecule is CO[C@]1(C)OC[C@]2(O[C@@]1(C)OC)C(=O)C(C(O)c1ccc([N+](=O)[O-])cc1)=C[C@H]2O. The Balaban J connectivity index is 1.90. The lowest BCUT2D eigenvalue weighted by atomic mass is 9.90. The number of methoxy groups -OCH3 is 2. The summed E-state index contributed by atoms with van der Waals surface area (Å²) < 4.78 is 22.4. The highest BCUT2D eigenvalue weighted by Crippen LogP contribution is 2.46. The molecule has 1 aliphatic carbocycles. The number of nitrogens with zero attached hydrogens (tertiary/aromatic N) is 1. The summed E-state index contributed by atoms with van der Waals surface area (Å²) in [6.07, 6.45) is -1.62. The lowest BCUT2D eigenvalue weighted by molar-refractivity contribution is -0.448. The molecule has 0 saturated carbocycles. The fourth-order valence-electron chi connectivity index (χ4n) is 3.51. The van der Waals surface area contributed by atoms with Crippen LogP contribution in [0, 0.1) is 10.1 Å². The number of carbonyl (C=O) groups is 1. The van der Waals surface area contributed by atoms with Crippen molar-refractivity contribution in [3.63, 3.8) is 0 Å². The van der Waals surface area contributed by atoms with E-state index in [1.807, 2.05) is 0 Å². The van der Waals surface area contributed by atoms with Gasteiger partial charge in [-0.1, -0.05) is 0 Å². The first-order chi connectivity index (χ1) is 13.5. The third kappa shape index (κ3) is 3.18. The summed E-state index contributed by atoms with van der Waals surface area (Å²) in [4.78, 5) is 23.4. The average Bonchev–Trinajstić information content (AvgIpc) is 2.95. The summed E-state index contributed by atoms with van der Waals surface area (Å²) in [6.45, 7) is 2.76. The van der Waals surface area contributed by atoms with Gasteiger partial charge in [-0.25, -0.2) is 0 Å². The van der Waals surface area contributed by atoms with Gasteiger partial charge in [-0.3, -0.25) is 14.9 Å². The molecule has 10 nitrogen and oxygen atoms in total. The molecule has 10 heteroatoms. The van der Waals surface area contributed by atoms with Crippen molar-refractivity contribution in [3.05, 3.63) is 51.6 Å². The Kier molecular flexibility index (Phi) is 5.37. The van der Waals surface area contributed by atoms with Gasteiger partial charge in [0.1, 0.15) is 12.2 Å². The molecule has 2 aliphatic rings. The fourth-order valence-corrected chi connectivity index (χ4v) is 3.51. The van der Waals surface area contributed by atoms with Crippen molar-refractivity contribution in [2.45, 2.75) is 43.2 Å². The highest BCUT2D eigenvalue weighted by molar-refractivity contribution is 6.06. The van der Waals surface area contributed by atoms with Crippen LogP contribution in [0.5, 0.6) is 0 Å². The minimum absolute atomic E-state index is 0.102. The third-order valence-electron chi connectivity index (χ3n) is 5.72. The number of hydrogen-bond acceptors (Lipinski definition) is 9. The molecule has 0 amide bonds. The van der Waals surface area contributed by atoms with E-state index in [2.05, 4.69) is 0 Å². The Morgan fingerprint density at radius 3 is 2.31 bits per heavy atom. The van der Waals surface area contributed by atoms with Crippen LogP contribution in [-0.2, 0) is 23.7 Å². The highest BCUT2D eigenvalue weighted by atomic mass is 16.8. The van der Waals surface area contributed by atoms with E-state index in [-0.39, 0.29) is 23.4 Å². The Labute approximate surface area is 166 Å². The monoisotopic (exact) mass is 409 g/mol. The molecule has 1 fully saturated rings. The lowest BCUT2D eigenvalue weighted by Crippen LogP contribution is -2.70. The molecule has 5 atom stereocenters. The first-order valence-electron chi connectivity index (χ1n) is 8.85. The zero-order valence-electron chi connectivity index (χ0n) is 16.4. The van der Waals surface area contributed by atoms with E-state index in [0.717, 1.165) is 0 Å². The summed E-state index contributed by atoms with van der Waals surface area (Å²) in [5.41, 5.74) is -1.82. The summed E-state index contributed by atoms with van der Waals surface area (Å²) >= 11 is 0. The van der Waals surface area contributed by atoms with Crippen LogP contribution in [0.25, 0.3) is 0 Å². The smallest absolute Gasteiger partial charge is 0.269 e. The number of aliphatic hydroxyl groups is 2. The van der Waals surface area contributed by atoms with Crippen molar-refractivity contribution < 1.29 is 38.9 Å². The van der Waals surface area contributed by atoms with Gasteiger partial charge in [0, 0.05) is 31.9 Å². The molecule has 1 aromatic carbocycles. The predicted molar refractivity (Wildman–Crippen MR) is 97.7 cm³/mol. The zero-order chi connectivity index (χ0) is 21.6. The second-order valence-corrected chi connectivity index (χ2v) is 7.23. The van der Waals surface area contributed by atoms with Crippen molar-refractivity contribution in [1.82, 2.24) is 0 Å². The Hall–Kier alpha value is -2.21. The van der Waals surface area contributed by atoms with Crippen molar-refractivity contribution in [2.75, 3.05) is 20.8 Å². The molecule has 29 heavy (non-hydrogen) atoms. The number of hydrogen-bond donors (Lipinski definition) is 2. The summed E-state index contributed by atoms with van der Waals surface area (Å²) in [5.74, 6) is -3.54. The minimum Gasteiger partial charge on any atom is -0.385 e. The number of ketones is 1. The van der Waals surface area contributed by atoms with Crippen molar-refractivity contribution in [3.8, 4) is 0 Å². The van der Waals surface area contributed by atoms with E-state index in [4.69, 9.17) is 18.9 Å². The van der Waals surface area contributed by atoms with E-state index in [1.54, 1.807) is 6.92 Å². The number of nitro benzene ring substituents is 1. The number of aliphatic hydroxyl groups excluding tert-OH is 2. The maximum absolute atomic E-state index is 13.2. The fraction of sp³-hybridized carbons (Fsp3) is 0.526. The number of Topliss-reactive ketones (excluding diaryl/α,β-unsaturated/α-hetero) is 1. The molecule has 1 unspecified atom stereocenters. The highest BCUT2D eigenvalue weighted by Gasteiger charge is 2.65. The lowest BCUT2D eigenvalue weighted by Gasteiger charge is -2.52. The van der Waals surface area contributed by atoms with Gasteiger partial charge in [-0.05, 0) is 37.6 Å². The molecule has 1 spiro atoms. The Morgan fingerprint density at radius 2 is 1.79 bits per heavy atom. The molecule has 1 aliphatic heterocycles. The Bertz CT molecular complexity index is 854. The van der Waals surface area contributed by atoms with E-state index in [9.17, 15) is 25.1 Å². The molecule has 2 N–H and O–H groups in total. The van der Waals surface area contributed by atoms with E-state index in [1.165, 1.54) is 51.5 Å². The second-order valence-electron chi connectivity index (χ2n) is 7.23. The first kappa shape index (κ1) is 21.5. The molecule has 0 bridgehead atoms. The van der Waals surface area contributed by atoms with Crippen molar-refractivity contribution >= 4 is 11.5 Å². The minimum atomic E-state index is -1.82. The topological polar surface area (TPSA) is 138 Å². The second kappa shape index (κ2) is 7.24. The number of ether oxygens (including phenoxy) is 4. The zero-order valence-corrected chi connectivity index (χ0v) is 16.4. The third-order valence-corrected chi connectivity index (χ3v) is 5.72. The number of non-ortho nitro benzene ring substituents is 1. The molecule has 1 heterocycles. The van der Waals surface area contributed by atoms with Crippen LogP contribution in [0.15, 0.2) is 35.9 Å². The van der Waals surface area contributed by atoms with E-state index < -0.39 is 40.1 Å². The maximum atomic E-state index is 13.2. The van der Waals surface area contributed by atoms with Crippen LogP contribution in [0.1, 0.15) is 25.5 Å². The predicted octanol–water partition coefficient (Wildman–Crippen LogP) is 1.01. The average molecular weight is 409 g/mol. The molecule has 3 rings (SSSR count). The van der Waals surface area contributed by atoms with Gasteiger partial charge in [-0.15, -0.1) is 0 Å². The van der Waals surface area contributed by atoms with E-state index in [0.29, 0.717) is 0 Å². The summed E-state index contributed by atoms with van der Waals surface area (Å²) in [7, 11) is 2.75. The molecular formula is C19H23NO9. The number of benzene rings is 1. The van der Waals surface area contributed by atoms with Crippen molar-refractivity contribution in [2.24, 2.45) is 0 Å². The van der Waals surface area contributed by atoms with Gasteiger partial charge >= 0.3 is 0 Å². The van der Waals surface area contributed by atoms with Gasteiger partial charge in [-0.2, -0.15) is 0 Å². The van der Waals surface area contributed by atoms with Gasteiger partial charge in [0.25, 0.3) is 5.69 Å². The van der Waals surface area contributed by atoms with Crippen LogP contribution in [-0.4, -0.2) is 65.0 Å². The maximum Gasteiger partial charge on any atom is 0.269 e. The van der Waals surface area contributed by atoms with Gasteiger partial charge in [0.2, 0.25) is 11.6 Å². The van der Waals surface area contributed by atoms with Gasteiger partial charge in [0.05, 0.1) is 11.5 Å². The number of carbonyl (C=O) groups excluding carboxylic acids is 1. The first-order valence-corrected chi connectivity index (χ1v) is 8.85. The van der Waals surface area contributed by atoms with Gasteiger partial charge < -0.3 is 29.2 Å². The molecule has 0 radical (unpaired) electrons. The largest absolute Gasteiger partial charge is 0.385 e. The standard InChI is InChI=1S/C19H23NO9/c1-17(26-3)18(2,27-4)29-19(10-28-17)14(21)9-13(16(19)23)15(22)11-5-7-12(8-6-11)20(24)25/h5-9,14-15,21-22H,10H2,1-4H3/t14-,15?,17-,18-,19-/m1/s1. The molecule has 1 aromatic rings. The van der Waals surface area contributed by atoms with Crippen LogP contribution >= 0.6 is 0 Å². The van der Waals surface area contributed by atoms with Crippen LogP contribution in [0.2, 0.25) is 0 Å². The quantitative estimate of drug-likeness (QED) is 0.539. The van der Waals surface area contributed by atoms with Crippen molar-refractivity contribution in [1.29, 1.82) is 0 Å². The van der Waals surface area contributed by atoms with E-state index >= 15 is 0 Å². The molecule has 158 valence electrons.